The molecular formula is C10H11ClF3NO3S2. The van der Waals surface area contributed by atoms with Gasteiger partial charge in [-0.2, -0.15) is 13.2 Å². The van der Waals surface area contributed by atoms with E-state index in [1.807, 2.05) is 0 Å². The lowest BCUT2D eigenvalue weighted by Gasteiger charge is -2.06. The highest BCUT2D eigenvalue weighted by atomic mass is 35.7. The predicted molar refractivity (Wildman–Crippen MR) is 69.6 cm³/mol. The Morgan fingerprint density at radius 2 is 2.00 bits per heavy atom. The lowest BCUT2D eigenvalue weighted by molar-refractivity contribution is -0.135. The second kappa shape index (κ2) is 6.77. The standard InChI is InChI=1S/C10H11ClF3NO3S2/c11-20(17,18)8-5-7(6-19-8)9(16)15-4-2-1-3-10(12,13)14/h5-6H,1-4H2,(H,15,16). The molecule has 20 heavy (non-hydrogen) atoms. The summed E-state index contributed by atoms with van der Waals surface area (Å²) in [5, 5.41) is 3.73. The van der Waals surface area contributed by atoms with E-state index in [2.05, 4.69) is 5.32 Å². The summed E-state index contributed by atoms with van der Waals surface area (Å²) < 4.78 is 57.4. The average Bonchev–Trinajstić information content (AvgIpc) is 2.75. The van der Waals surface area contributed by atoms with Crippen molar-refractivity contribution in [1.82, 2.24) is 5.32 Å². The SMILES string of the molecule is O=C(NCCCCC(F)(F)F)c1csc(S(=O)(=O)Cl)c1. The monoisotopic (exact) mass is 349 g/mol. The first-order chi connectivity index (χ1) is 9.09. The minimum absolute atomic E-state index is 0.0747. The summed E-state index contributed by atoms with van der Waals surface area (Å²) in [4.78, 5) is 11.6. The third-order valence-electron chi connectivity index (χ3n) is 2.25. The number of carbonyl (C=O) groups is 1. The molecule has 0 radical (unpaired) electrons. The van der Waals surface area contributed by atoms with Crippen LogP contribution in [-0.4, -0.2) is 27.0 Å². The van der Waals surface area contributed by atoms with Crippen LogP contribution in [0, 0.1) is 0 Å². The number of nitrogens with one attached hydrogen (secondary N) is 1. The number of thiophene rings is 1. The molecule has 0 saturated carbocycles. The van der Waals surface area contributed by atoms with E-state index in [0.29, 0.717) is 0 Å². The molecule has 0 bridgehead atoms. The highest BCUT2D eigenvalue weighted by molar-refractivity contribution is 8.15. The van der Waals surface area contributed by atoms with Crippen molar-refractivity contribution < 1.29 is 26.4 Å². The van der Waals surface area contributed by atoms with Crippen LogP contribution in [0.15, 0.2) is 15.7 Å². The molecular weight excluding hydrogens is 339 g/mol. The lowest BCUT2D eigenvalue weighted by Crippen LogP contribution is -2.24. The molecule has 114 valence electrons. The zero-order chi connectivity index (χ0) is 15.4. The average molecular weight is 350 g/mol. The quantitative estimate of drug-likeness (QED) is 0.634. The fraction of sp³-hybridized carbons (Fsp3) is 0.500. The highest BCUT2D eigenvalue weighted by Gasteiger charge is 2.25. The number of hydrogen-bond donors (Lipinski definition) is 1. The number of hydrogen-bond acceptors (Lipinski definition) is 4. The van der Waals surface area contributed by atoms with Crippen molar-refractivity contribution in [3.63, 3.8) is 0 Å². The van der Waals surface area contributed by atoms with Crippen LogP contribution in [0.1, 0.15) is 29.6 Å². The van der Waals surface area contributed by atoms with E-state index in [1.165, 1.54) is 5.38 Å². The Balaban J connectivity index is 2.39. The van der Waals surface area contributed by atoms with Gasteiger partial charge in [0.15, 0.2) is 0 Å². The summed E-state index contributed by atoms with van der Waals surface area (Å²) in [6, 6.07) is 1.12. The molecule has 1 aromatic rings. The summed E-state index contributed by atoms with van der Waals surface area (Å²) in [5.41, 5.74) is 0.116. The Kier molecular flexibility index (Phi) is 5.84. The van der Waals surface area contributed by atoms with E-state index >= 15 is 0 Å². The molecule has 0 atom stereocenters. The van der Waals surface area contributed by atoms with Crippen molar-refractivity contribution in [3.8, 4) is 0 Å². The van der Waals surface area contributed by atoms with Crippen LogP contribution in [0.25, 0.3) is 0 Å². The van der Waals surface area contributed by atoms with E-state index in [1.54, 1.807) is 0 Å². The van der Waals surface area contributed by atoms with Crippen molar-refractivity contribution >= 4 is 37.0 Å². The molecule has 4 nitrogen and oxygen atoms in total. The molecule has 1 rings (SSSR count). The van der Waals surface area contributed by atoms with Gasteiger partial charge in [-0.3, -0.25) is 4.79 Å². The van der Waals surface area contributed by atoms with E-state index in [-0.39, 0.29) is 29.2 Å². The van der Waals surface area contributed by atoms with Crippen LogP contribution in [0.2, 0.25) is 0 Å². The number of halogens is 4. The van der Waals surface area contributed by atoms with E-state index < -0.39 is 27.6 Å². The first-order valence-corrected chi connectivity index (χ1v) is 8.66. The van der Waals surface area contributed by atoms with Gasteiger partial charge in [0, 0.05) is 29.0 Å². The maximum atomic E-state index is 11.9. The van der Waals surface area contributed by atoms with Gasteiger partial charge < -0.3 is 5.32 Å². The van der Waals surface area contributed by atoms with Gasteiger partial charge in [0.05, 0.1) is 5.56 Å². The molecule has 1 N–H and O–H groups in total. The van der Waals surface area contributed by atoms with Crippen molar-refractivity contribution in [1.29, 1.82) is 0 Å². The first-order valence-electron chi connectivity index (χ1n) is 5.48. The summed E-state index contributed by atoms with van der Waals surface area (Å²) >= 11 is 0.802. The third kappa shape index (κ3) is 6.10. The number of rotatable bonds is 6. The van der Waals surface area contributed by atoms with Crippen molar-refractivity contribution in [2.75, 3.05) is 6.54 Å². The number of amides is 1. The molecule has 0 fully saturated rings. The summed E-state index contributed by atoms with van der Waals surface area (Å²) in [7, 11) is 1.23. The van der Waals surface area contributed by atoms with Gasteiger partial charge in [-0.15, -0.1) is 11.3 Å². The van der Waals surface area contributed by atoms with E-state index in [9.17, 15) is 26.4 Å². The zero-order valence-corrected chi connectivity index (χ0v) is 12.4. The molecule has 1 amide bonds. The Morgan fingerprint density at radius 3 is 2.50 bits per heavy atom. The van der Waals surface area contributed by atoms with E-state index in [0.717, 1.165) is 17.4 Å². The van der Waals surface area contributed by atoms with Gasteiger partial charge in [-0.05, 0) is 18.9 Å². The summed E-state index contributed by atoms with van der Waals surface area (Å²) in [6.45, 7) is 0.0910. The lowest BCUT2D eigenvalue weighted by atomic mass is 10.2. The molecule has 0 spiro atoms. The van der Waals surface area contributed by atoms with Crippen LogP contribution < -0.4 is 5.32 Å². The van der Waals surface area contributed by atoms with Crippen molar-refractivity contribution in [3.05, 3.63) is 17.0 Å². The maximum absolute atomic E-state index is 11.9. The number of alkyl halides is 3. The molecule has 1 heterocycles. The van der Waals surface area contributed by atoms with Crippen molar-refractivity contribution in [2.24, 2.45) is 0 Å². The van der Waals surface area contributed by atoms with Crippen LogP contribution in [0.3, 0.4) is 0 Å². The molecule has 10 heteroatoms. The van der Waals surface area contributed by atoms with Gasteiger partial charge in [0.25, 0.3) is 15.0 Å². The first kappa shape index (κ1) is 17.3. The van der Waals surface area contributed by atoms with Gasteiger partial charge in [-0.1, -0.05) is 0 Å². The van der Waals surface area contributed by atoms with Crippen LogP contribution in [0.5, 0.6) is 0 Å². The molecule has 1 aromatic heterocycles. The zero-order valence-electron chi connectivity index (χ0n) is 10.0. The Hall–Kier alpha value is -0.800. The predicted octanol–water partition coefficient (Wildman–Crippen LogP) is 3.14. The molecule has 0 aliphatic rings. The summed E-state index contributed by atoms with van der Waals surface area (Å²) in [5.74, 6) is -0.542. The second-order valence-corrected chi connectivity index (χ2v) is 7.62. The van der Waals surface area contributed by atoms with Gasteiger partial charge in [0.1, 0.15) is 4.21 Å². The Morgan fingerprint density at radius 1 is 1.35 bits per heavy atom. The fourth-order valence-corrected chi connectivity index (χ4v) is 3.26. The highest BCUT2D eigenvalue weighted by Crippen LogP contribution is 2.24. The number of carbonyl (C=O) groups excluding carboxylic acids is 1. The third-order valence-corrected chi connectivity index (χ3v) is 5.29. The normalized spacial score (nSPS) is 12.4. The second-order valence-electron chi connectivity index (χ2n) is 3.92. The number of unbranched alkanes of at least 4 members (excludes halogenated alkanes) is 1. The molecule has 0 aliphatic heterocycles. The minimum Gasteiger partial charge on any atom is -0.352 e. The topological polar surface area (TPSA) is 63.2 Å². The largest absolute Gasteiger partial charge is 0.389 e. The minimum atomic E-state index is -4.19. The molecule has 0 aromatic carbocycles. The van der Waals surface area contributed by atoms with Gasteiger partial charge in [0.2, 0.25) is 0 Å². The van der Waals surface area contributed by atoms with Crippen molar-refractivity contribution in [2.45, 2.75) is 29.6 Å². The Labute approximate surface area is 122 Å². The summed E-state index contributed by atoms with van der Waals surface area (Å²) in [6.07, 6.45) is -4.97. The molecule has 0 saturated heterocycles. The maximum Gasteiger partial charge on any atom is 0.389 e. The van der Waals surface area contributed by atoms with Gasteiger partial charge >= 0.3 is 6.18 Å². The van der Waals surface area contributed by atoms with Crippen LogP contribution in [0.4, 0.5) is 13.2 Å². The molecule has 0 unspecified atom stereocenters. The van der Waals surface area contributed by atoms with Crippen LogP contribution in [-0.2, 0) is 9.05 Å². The molecule has 0 aliphatic carbocycles. The Bertz CT molecular complexity index is 569. The van der Waals surface area contributed by atoms with Gasteiger partial charge in [-0.25, -0.2) is 8.42 Å². The van der Waals surface area contributed by atoms with Crippen LogP contribution >= 0.6 is 22.0 Å². The smallest absolute Gasteiger partial charge is 0.352 e. The fourth-order valence-electron chi connectivity index (χ4n) is 1.32. The van der Waals surface area contributed by atoms with E-state index in [4.69, 9.17) is 10.7 Å².